The molecule has 0 radical (unpaired) electrons. The standard InChI is InChI=1S/C50H44S10Si/c1-5-7-11-31-29-45(59-49(31)43-13-9-27-51-43)41-21-19-35(55-41)33-15-17-37(53-33)39-23-25-47(57-39)61(3,4)48-26-24-40(58-48)38-18-16-34(54-38)36-20-22-42(56-36)46-30-32(12-8-6-2)50(60-46)44-14-10-28-52-44/h9-10,13-30H,5-8,11-12H2,1-4H3. The van der Waals surface area contributed by atoms with Crippen LogP contribution in [0.15, 0.2) is 120 Å². The first-order valence-electron chi connectivity index (χ1n) is 20.8. The summed E-state index contributed by atoms with van der Waals surface area (Å²) in [5, 5.41) is 4.40. The lowest BCUT2D eigenvalue weighted by Gasteiger charge is -2.18. The number of thiophene rings is 10. The molecule has 0 aromatic carbocycles. The van der Waals surface area contributed by atoms with E-state index in [2.05, 4.69) is 147 Å². The molecule has 308 valence electrons. The number of hydrogen-bond donors (Lipinski definition) is 0. The van der Waals surface area contributed by atoms with Crippen LogP contribution in [0.5, 0.6) is 0 Å². The van der Waals surface area contributed by atoms with E-state index in [9.17, 15) is 0 Å². The van der Waals surface area contributed by atoms with Crippen LogP contribution < -0.4 is 9.00 Å². The zero-order valence-corrected chi connectivity index (χ0v) is 43.5. The van der Waals surface area contributed by atoms with Crippen LogP contribution >= 0.6 is 113 Å². The quantitative estimate of drug-likeness (QED) is 0.0847. The van der Waals surface area contributed by atoms with Gasteiger partial charge in [0.15, 0.2) is 0 Å². The summed E-state index contributed by atoms with van der Waals surface area (Å²) in [5.41, 5.74) is 3.02. The van der Waals surface area contributed by atoms with Crippen LogP contribution in [0.4, 0.5) is 0 Å². The maximum Gasteiger partial charge on any atom is 0.137 e. The summed E-state index contributed by atoms with van der Waals surface area (Å²) in [6, 6.07) is 42.1. The highest BCUT2D eigenvalue weighted by atomic mass is 32.1. The molecule has 11 heteroatoms. The summed E-state index contributed by atoms with van der Waals surface area (Å²) in [6.07, 6.45) is 7.24. The highest BCUT2D eigenvalue weighted by Gasteiger charge is 2.30. The number of aryl methyl sites for hydroxylation is 2. The molecule has 0 bridgehead atoms. The molecule has 61 heavy (non-hydrogen) atoms. The van der Waals surface area contributed by atoms with Crippen LogP contribution in [0.2, 0.25) is 13.1 Å². The molecule has 0 aliphatic heterocycles. The van der Waals surface area contributed by atoms with Crippen molar-refractivity contribution in [3.05, 3.63) is 131 Å². The highest BCUT2D eigenvalue weighted by Crippen LogP contribution is 2.48. The van der Waals surface area contributed by atoms with Gasteiger partial charge in [0.2, 0.25) is 0 Å². The zero-order chi connectivity index (χ0) is 41.5. The van der Waals surface area contributed by atoms with E-state index in [1.807, 2.05) is 113 Å². The fourth-order valence-electron chi connectivity index (χ4n) is 7.58. The Labute approximate surface area is 400 Å². The summed E-state index contributed by atoms with van der Waals surface area (Å²) < 4.78 is 3.10. The van der Waals surface area contributed by atoms with Crippen LogP contribution in [-0.4, -0.2) is 8.07 Å². The van der Waals surface area contributed by atoms with Crippen molar-refractivity contribution in [2.45, 2.75) is 65.5 Å². The van der Waals surface area contributed by atoms with Gasteiger partial charge >= 0.3 is 0 Å². The van der Waals surface area contributed by atoms with Crippen molar-refractivity contribution < 1.29 is 0 Å². The Hall–Kier alpha value is -2.78. The van der Waals surface area contributed by atoms with E-state index in [1.165, 1.54) is 115 Å². The van der Waals surface area contributed by atoms with E-state index in [0.29, 0.717) is 0 Å². The fourth-order valence-corrected chi connectivity index (χ4v) is 22.6. The lowest BCUT2D eigenvalue weighted by molar-refractivity contribution is 0.798. The van der Waals surface area contributed by atoms with Gasteiger partial charge in [-0.15, -0.1) is 113 Å². The molecule has 0 unspecified atom stereocenters. The molecular formula is C50H44S10Si. The van der Waals surface area contributed by atoms with Gasteiger partial charge in [-0.1, -0.05) is 64.0 Å². The Morgan fingerprint density at radius 3 is 1.02 bits per heavy atom. The van der Waals surface area contributed by atoms with E-state index >= 15 is 0 Å². The first kappa shape index (κ1) is 42.2. The molecule has 0 saturated heterocycles. The van der Waals surface area contributed by atoms with Crippen molar-refractivity contribution in [2.75, 3.05) is 0 Å². The first-order valence-corrected chi connectivity index (χ1v) is 32.1. The third kappa shape index (κ3) is 8.75. The van der Waals surface area contributed by atoms with Gasteiger partial charge in [-0.05, 0) is 142 Å². The van der Waals surface area contributed by atoms with Crippen LogP contribution in [0, 0.1) is 0 Å². The third-order valence-electron chi connectivity index (χ3n) is 11.0. The zero-order valence-electron chi connectivity index (χ0n) is 34.4. The van der Waals surface area contributed by atoms with Gasteiger partial charge in [-0.3, -0.25) is 0 Å². The van der Waals surface area contributed by atoms with Crippen molar-refractivity contribution in [3.63, 3.8) is 0 Å². The molecule has 0 nitrogen and oxygen atoms in total. The summed E-state index contributed by atoms with van der Waals surface area (Å²) in [4.78, 5) is 22.3. The molecule has 0 N–H and O–H groups in total. The van der Waals surface area contributed by atoms with Gasteiger partial charge in [0.05, 0.1) is 0 Å². The lowest BCUT2D eigenvalue weighted by atomic mass is 10.1. The Balaban J connectivity index is 0.829. The monoisotopic (exact) mass is 992 g/mol. The van der Waals surface area contributed by atoms with Gasteiger partial charge < -0.3 is 0 Å². The van der Waals surface area contributed by atoms with Crippen molar-refractivity contribution in [1.82, 2.24) is 0 Å². The molecule has 0 atom stereocenters. The van der Waals surface area contributed by atoms with Crippen LogP contribution in [-0.2, 0) is 12.8 Å². The van der Waals surface area contributed by atoms with E-state index < -0.39 is 8.07 Å². The second kappa shape index (κ2) is 18.4. The van der Waals surface area contributed by atoms with E-state index in [4.69, 9.17) is 0 Å². The maximum absolute atomic E-state index is 2.53. The predicted octanol–water partition coefficient (Wildman–Crippen LogP) is 19.1. The second-order valence-electron chi connectivity index (χ2n) is 15.7. The average molecular weight is 994 g/mol. The highest BCUT2D eigenvalue weighted by molar-refractivity contribution is 7.40. The van der Waals surface area contributed by atoms with Gasteiger partial charge in [0, 0.05) is 78.0 Å². The molecule has 10 aromatic heterocycles. The largest absolute Gasteiger partial charge is 0.144 e. The minimum atomic E-state index is -1.87. The van der Waals surface area contributed by atoms with Gasteiger partial charge in [0.1, 0.15) is 8.07 Å². The third-order valence-corrected chi connectivity index (χ3v) is 29.3. The summed E-state index contributed by atoms with van der Waals surface area (Å²) in [7, 11) is -1.87. The summed E-state index contributed by atoms with van der Waals surface area (Å²) in [6.45, 7) is 9.64. The number of rotatable bonds is 16. The van der Waals surface area contributed by atoms with Crippen LogP contribution in [0.1, 0.15) is 50.7 Å². The van der Waals surface area contributed by atoms with E-state index in [0.717, 1.165) is 12.8 Å². The maximum atomic E-state index is 2.53. The minimum absolute atomic E-state index is 1.16. The Morgan fingerprint density at radius 2 is 0.689 bits per heavy atom. The van der Waals surface area contributed by atoms with Gasteiger partial charge in [-0.25, -0.2) is 0 Å². The molecule has 10 rings (SSSR count). The molecule has 0 saturated carbocycles. The first-order chi connectivity index (χ1) is 29.8. The Bertz CT molecular complexity index is 2790. The minimum Gasteiger partial charge on any atom is -0.144 e. The number of unbranched alkanes of at least 4 members (excludes halogenated alkanes) is 2. The SMILES string of the molecule is CCCCc1cc(-c2ccc(-c3ccc(-c4ccc([Si](C)(C)c5ccc(-c6ccc(-c7ccc(-c8cc(CCCC)c(-c9cccs9)s8)s7)s6)s5)s4)s3)s2)sc1-c1cccs1. The van der Waals surface area contributed by atoms with Crippen molar-refractivity contribution in [2.24, 2.45) is 0 Å². The normalized spacial score (nSPS) is 12.0. The van der Waals surface area contributed by atoms with Gasteiger partial charge in [-0.2, -0.15) is 0 Å². The smallest absolute Gasteiger partial charge is 0.137 e. The van der Waals surface area contributed by atoms with Crippen molar-refractivity contribution in [3.8, 4) is 78.0 Å². The molecule has 0 aliphatic carbocycles. The molecule has 0 spiro atoms. The molecule has 0 aliphatic rings. The molecule has 10 aromatic rings. The van der Waals surface area contributed by atoms with E-state index in [-0.39, 0.29) is 0 Å². The molecule has 0 fully saturated rings. The Morgan fingerprint density at radius 1 is 0.361 bits per heavy atom. The molecule has 0 amide bonds. The average Bonchev–Trinajstić information content (AvgIpc) is 4.13. The molecular weight excluding hydrogens is 949 g/mol. The molecule has 10 heterocycles. The topological polar surface area (TPSA) is 0 Å². The van der Waals surface area contributed by atoms with Crippen LogP contribution in [0.3, 0.4) is 0 Å². The second-order valence-corrected chi connectivity index (χ2v) is 31.3. The number of hydrogen-bond acceptors (Lipinski definition) is 10. The van der Waals surface area contributed by atoms with Gasteiger partial charge in [0.25, 0.3) is 0 Å². The summed E-state index contributed by atoms with van der Waals surface area (Å²) >= 11 is 19.4. The lowest BCUT2D eigenvalue weighted by Crippen LogP contribution is -2.49. The van der Waals surface area contributed by atoms with Crippen molar-refractivity contribution in [1.29, 1.82) is 0 Å². The van der Waals surface area contributed by atoms with Crippen LogP contribution in [0.25, 0.3) is 78.0 Å². The van der Waals surface area contributed by atoms with E-state index in [1.54, 1.807) is 9.00 Å². The fraction of sp³-hybridized carbons (Fsp3) is 0.200. The van der Waals surface area contributed by atoms with Crippen molar-refractivity contribution >= 4 is 130 Å². The predicted molar refractivity (Wildman–Crippen MR) is 289 cm³/mol. The Kier molecular flexibility index (Phi) is 12.7. The summed E-state index contributed by atoms with van der Waals surface area (Å²) in [5.74, 6) is 0.